The van der Waals surface area contributed by atoms with Crippen LogP contribution in [0.4, 0.5) is 0 Å². The molecule has 0 saturated heterocycles. The van der Waals surface area contributed by atoms with Crippen LogP contribution in [0.3, 0.4) is 0 Å². The molecular formula is C13H17NO. The normalized spacial score (nSPS) is 12.0. The van der Waals surface area contributed by atoms with E-state index < -0.39 is 0 Å². The maximum Gasteiger partial charge on any atom is 0.159 e. The molecule has 0 N–H and O–H groups in total. The van der Waals surface area contributed by atoms with Gasteiger partial charge in [0.25, 0.3) is 0 Å². The summed E-state index contributed by atoms with van der Waals surface area (Å²) in [6, 6.07) is 7.50. The molecule has 0 aliphatic carbocycles. The molecule has 0 aromatic heterocycles. The SMILES string of the molecule is CC(=O)c1cccc(C=NC(C)(C)C)c1. The van der Waals surface area contributed by atoms with E-state index in [4.69, 9.17) is 0 Å². The summed E-state index contributed by atoms with van der Waals surface area (Å²) in [4.78, 5) is 15.5. The highest BCUT2D eigenvalue weighted by molar-refractivity contribution is 5.96. The number of Topliss-reactive ketones (excluding diaryl/α,β-unsaturated/α-hetero) is 1. The van der Waals surface area contributed by atoms with Gasteiger partial charge in [0.05, 0.1) is 5.54 Å². The van der Waals surface area contributed by atoms with E-state index in [1.807, 2.05) is 51.3 Å². The predicted molar refractivity (Wildman–Crippen MR) is 63.8 cm³/mol. The zero-order valence-corrected chi connectivity index (χ0v) is 9.74. The monoisotopic (exact) mass is 203 g/mol. The molecule has 1 rings (SSSR count). The lowest BCUT2D eigenvalue weighted by Gasteiger charge is -2.10. The number of hydrogen-bond donors (Lipinski definition) is 0. The van der Waals surface area contributed by atoms with Gasteiger partial charge < -0.3 is 0 Å². The third kappa shape index (κ3) is 4.07. The molecule has 0 saturated carbocycles. The standard InChI is InChI=1S/C13H17NO/c1-10(15)12-7-5-6-11(8-12)9-14-13(2,3)4/h5-9H,1-4H3. The Kier molecular flexibility index (Phi) is 3.40. The number of nitrogens with zero attached hydrogens (tertiary/aromatic N) is 1. The summed E-state index contributed by atoms with van der Waals surface area (Å²) in [6.07, 6.45) is 1.81. The fourth-order valence-electron chi connectivity index (χ4n) is 1.11. The van der Waals surface area contributed by atoms with Crippen molar-refractivity contribution in [3.8, 4) is 0 Å². The number of benzene rings is 1. The number of carbonyl (C=O) groups is 1. The van der Waals surface area contributed by atoms with Crippen molar-refractivity contribution in [2.75, 3.05) is 0 Å². The second-order valence-electron chi connectivity index (χ2n) is 4.61. The molecule has 0 aliphatic rings. The molecule has 0 heterocycles. The van der Waals surface area contributed by atoms with Crippen LogP contribution in [-0.4, -0.2) is 17.5 Å². The van der Waals surface area contributed by atoms with Gasteiger partial charge in [0.1, 0.15) is 0 Å². The largest absolute Gasteiger partial charge is 0.295 e. The lowest BCUT2D eigenvalue weighted by Crippen LogP contribution is -2.09. The first kappa shape index (κ1) is 11.6. The highest BCUT2D eigenvalue weighted by atomic mass is 16.1. The molecule has 80 valence electrons. The molecule has 0 bridgehead atoms. The zero-order valence-electron chi connectivity index (χ0n) is 9.74. The van der Waals surface area contributed by atoms with Crippen molar-refractivity contribution in [2.24, 2.45) is 4.99 Å². The van der Waals surface area contributed by atoms with Crippen LogP contribution in [0.2, 0.25) is 0 Å². The van der Waals surface area contributed by atoms with Crippen LogP contribution in [0, 0.1) is 0 Å². The summed E-state index contributed by atoms with van der Waals surface area (Å²) in [5.74, 6) is 0.0843. The van der Waals surface area contributed by atoms with Crippen LogP contribution in [0.1, 0.15) is 43.6 Å². The summed E-state index contributed by atoms with van der Waals surface area (Å²) in [7, 11) is 0. The molecule has 2 heteroatoms. The van der Waals surface area contributed by atoms with Gasteiger partial charge in [-0.1, -0.05) is 18.2 Å². The highest BCUT2D eigenvalue weighted by Gasteiger charge is 2.05. The summed E-state index contributed by atoms with van der Waals surface area (Å²) in [6.45, 7) is 7.69. The Morgan fingerprint density at radius 3 is 2.53 bits per heavy atom. The predicted octanol–water partition coefficient (Wildman–Crippen LogP) is 3.11. The van der Waals surface area contributed by atoms with Crippen molar-refractivity contribution in [1.82, 2.24) is 0 Å². The van der Waals surface area contributed by atoms with E-state index in [0.29, 0.717) is 0 Å². The molecule has 0 radical (unpaired) electrons. The lowest BCUT2D eigenvalue weighted by atomic mass is 10.1. The molecule has 1 aromatic carbocycles. The Balaban J connectivity index is 2.92. The zero-order chi connectivity index (χ0) is 11.5. The quantitative estimate of drug-likeness (QED) is 0.536. The first-order valence-electron chi connectivity index (χ1n) is 5.05. The van der Waals surface area contributed by atoms with Crippen molar-refractivity contribution in [3.63, 3.8) is 0 Å². The summed E-state index contributed by atoms with van der Waals surface area (Å²) >= 11 is 0. The van der Waals surface area contributed by atoms with E-state index in [2.05, 4.69) is 4.99 Å². The minimum absolute atomic E-state index is 0.0772. The second kappa shape index (κ2) is 4.39. The van der Waals surface area contributed by atoms with Crippen LogP contribution in [0.25, 0.3) is 0 Å². The Bertz CT molecular complexity index is 386. The molecule has 15 heavy (non-hydrogen) atoms. The van der Waals surface area contributed by atoms with Gasteiger partial charge in [0, 0.05) is 11.8 Å². The first-order chi connectivity index (χ1) is 6.88. The Hall–Kier alpha value is -1.44. The maximum absolute atomic E-state index is 11.2. The van der Waals surface area contributed by atoms with Crippen molar-refractivity contribution in [1.29, 1.82) is 0 Å². The fraction of sp³-hybridized carbons (Fsp3) is 0.385. The summed E-state index contributed by atoms with van der Waals surface area (Å²) in [5, 5.41) is 0. The van der Waals surface area contributed by atoms with E-state index in [1.165, 1.54) is 0 Å². The Labute approximate surface area is 91.0 Å². The minimum atomic E-state index is -0.0772. The molecule has 0 spiro atoms. The van der Waals surface area contributed by atoms with Crippen LogP contribution in [0.15, 0.2) is 29.3 Å². The third-order valence-electron chi connectivity index (χ3n) is 1.89. The number of carbonyl (C=O) groups excluding carboxylic acids is 1. The van der Waals surface area contributed by atoms with E-state index in [0.717, 1.165) is 11.1 Å². The van der Waals surface area contributed by atoms with Gasteiger partial charge in [-0.15, -0.1) is 0 Å². The second-order valence-corrected chi connectivity index (χ2v) is 4.61. The fourth-order valence-corrected chi connectivity index (χ4v) is 1.11. The molecule has 0 atom stereocenters. The maximum atomic E-state index is 11.2. The van der Waals surface area contributed by atoms with Gasteiger partial charge in [0.2, 0.25) is 0 Å². The Morgan fingerprint density at radius 1 is 1.33 bits per heavy atom. The number of rotatable bonds is 2. The van der Waals surface area contributed by atoms with Gasteiger partial charge in [-0.25, -0.2) is 0 Å². The molecule has 0 aliphatic heterocycles. The minimum Gasteiger partial charge on any atom is -0.295 e. The van der Waals surface area contributed by atoms with Crippen molar-refractivity contribution >= 4 is 12.0 Å². The summed E-state index contributed by atoms with van der Waals surface area (Å²) < 4.78 is 0. The van der Waals surface area contributed by atoms with Crippen molar-refractivity contribution < 1.29 is 4.79 Å². The van der Waals surface area contributed by atoms with Gasteiger partial charge in [-0.05, 0) is 39.3 Å². The Morgan fingerprint density at radius 2 is 2.00 bits per heavy atom. The van der Waals surface area contributed by atoms with Crippen molar-refractivity contribution in [3.05, 3.63) is 35.4 Å². The molecule has 0 unspecified atom stereocenters. The van der Waals surface area contributed by atoms with Crippen LogP contribution in [0.5, 0.6) is 0 Å². The average Bonchev–Trinajstić information content (AvgIpc) is 2.14. The average molecular weight is 203 g/mol. The lowest BCUT2D eigenvalue weighted by molar-refractivity contribution is 0.101. The summed E-state index contributed by atoms with van der Waals surface area (Å²) in [5.41, 5.74) is 1.62. The van der Waals surface area contributed by atoms with E-state index in [1.54, 1.807) is 6.92 Å². The molecule has 0 amide bonds. The molecular weight excluding hydrogens is 186 g/mol. The van der Waals surface area contributed by atoms with Crippen LogP contribution >= 0.6 is 0 Å². The van der Waals surface area contributed by atoms with E-state index in [-0.39, 0.29) is 11.3 Å². The van der Waals surface area contributed by atoms with Gasteiger partial charge in [-0.3, -0.25) is 9.79 Å². The smallest absolute Gasteiger partial charge is 0.159 e. The molecule has 2 nitrogen and oxygen atoms in total. The van der Waals surface area contributed by atoms with E-state index >= 15 is 0 Å². The van der Waals surface area contributed by atoms with Gasteiger partial charge in [-0.2, -0.15) is 0 Å². The van der Waals surface area contributed by atoms with E-state index in [9.17, 15) is 4.79 Å². The van der Waals surface area contributed by atoms with Crippen LogP contribution in [-0.2, 0) is 0 Å². The van der Waals surface area contributed by atoms with Gasteiger partial charge >= 0.3 is 0 Å². The number of hydrogen-bond acceptors (Lipinski definition) is 2. The van der Waals surface area contributed by atoms with Crippen LogP contribution < -0.4 is 0 Å². The first-order valence-corrected chi connectivity index (χ1v) is 5.05. The van der Waals surface area contributed by atoms with Crippen molar-refractivity contribution in [2.45, 2.75) is 33.2 Å². The third-order valence-corrected chi connectivity index (χ3v) is 1.89. The molecule has 0 fully saturated rings. The molecule has 1 aromatic rings. The number of aliphatic imine (C=N–C) groups is 1. The highest BCUT2D eigenvalue weighted by Crippen LogP contribution is 2.08. The topological polar surface area (TPSA) is 29.4 Å². The van der Waals surface area contributed by atoms with Gasteiger partial charge in [0.15, 0.2) is 5.78 Å². The number of ketones is 1.